The number of para-hydroxylation sites is 7. The molecule has 0 fully saturated rings. The molecule has 0 atom stereocenters. The molecular weight excluding hydrogens is 1310 g/mol. The number of nitrogens with zero attached hydrogens (tertiary/aromatic N) is 8. The number of fused-ring (bicyclic) bond motifs is 21. The number of imidazole rings is 1. The lowest BCUT2D eigenvalue weighted by atomic mass is 9.67. The van der Waals surface area contributed by atoms with Gasteiger partial charge in [0, 0.05) is 89.5 Å². The lowest BCUT2D eigenvalue weighted by Gasteiger charge is -2.34. The van der Waals surface area contributed by atoms with Crippen LogP contribution in [0.25, 0.3) is 182 Å². The molecule has 22 aromatic rings. The van der Waals surface area contributed by atoms with Crippen LogP contribution in [-0.4, -0.2) is 37.8 Å². The van der Waals surface area contributed by atoms with E-state index in [0.29, 0.717) is 0 Å². The highest BCUT2D eigenvalue weighted by Crippen LogP contribution is 2.58. The van der Waals surface area contributed by atoms with Crippen molar-refractivity contribution in [2.75, 3.05) is 0 Å². The van der Waals surface area contributed by atoms with Gasteiger partial charge in [0.2, 0.25) is 0 Å². The molecule has 0 spiro atoms. The summed E-state index contributed by atoms with van der Waals surface area (Å²) in [5.74, 6) is 0.900. The van der Waals surface area contributed by atoms with E-state index in [4.69, 9.17) is 15.0 Å². The molecule has 0 radical (unpaired) electrons. The molecule has 0 N–H and O–H groups in total. The minimum Gasteiger partial charge on any atom is -0.309 e. The highest BCUT2D eigenvalue weighted by Gasteiger charge is 2.47. The molecule has 0 saturated carbocycles. The van der Waals surface area contributed by atoms with Gasteiger partial charge in [-0.3, -0.25) is 14.5 Å². The summed E-state index contributed by atoms with van der Waals surface area (Å²) in [5.41, 5.74) is 29.8. The van der Waals surface area contributed by atoms with Gasteiger partial charge in [0.15, 0.2) is 0 Å². The maximum absolute atomic E-state index is 5.42. The summed E-state index contributed by atoms with van der Waals surface area (Å²) in [5, 5.41) is 9.20. The summed E-state index contributed by atoms with van der Waals surface area (Å²) in [6, 6.07) is 134. The van der Waals surface area contributed by atoms with Crippen LogP contribution >= 0.6 is 0 Å². The van der Waals surface area contributed by atoms with Gasteiger partial charge < -0.3 is 18.3 Å². The molecule has 502 valence electrons. The second kappa shape index (κ2) is 23.3. The largest absolute Gasteiger partial charge is 0.309 e. The first-order valence-electron chi connectivity index (χ1n) is 37.0. The van der Waals surface area contributed by atoms with Gasteiger partial charge >= 0.3 is 0 Å². The van der Waals surface area contributed by atoms with E-state index < -0.39 is 5.41 Å². The van der Waals surface area contributed by atoms with Crippen LogP contribution in [0.3, 0.4) is 0 Å². The van der Waals surface area contributed by atoms with Crippen molar-refractivity contribution in [3.8, 4) is 73.2 Å². The second-order valence-electron chi connectivity index (χ2n) is 28.6. The SMILES string of the molecule is c1ccc(-c2cc(-c3ccccc3)cc(-n3c4ccccc4c4c5nccnc5c5c(c6ccccc6n5-c5ccc6c(c5)C(c5ccccc5)(c5ccccc5)c5cc(-n7c8ccccc8c8c7ccc7c9ccccc9n(-c9ccc(-c%10nc%11ccccc%11n%10-c%10ccccc%10)cc9)c78)ccc5-6)c43)c2)cc1. The zero-order valence-corrected chi connectivity index (χ0v) is 58.4. The van der Waals surface area contributed by atoms with Crippen LogP contribution < -0.4 is 0 Å². The van der Waals surface area contributed by atoms with Crippen molar-refractivity contribution in [3.63, 3.8) is 0 Å². The van der Waals surface area contributed by atoms with Gasteiger partial charge in [-0.05, 0) is 177 Å². The first-order valence-corrected chi connectivity index (χ1v) is 37.0. The predicted molar refractivity (Wildman–Crippen MR) is 445 cm³/mol. The highest BCUT2D eigenvalue weighted by atomic mass is 15.1. The molecule has 1 aliphatic rings. The Labute approximate surface area is 620 Å². The zero-order valence-electron chi connectivity index (χ0n) is 58.4. The molecule has 0 amide bonds. The molecule has 8 nitrogen and oxygen atoms in total. The van der Waals surface area contributed by atoms with Crippen molar-refractivity contribution in [1.29, 1.82) is 0 Å². The van der Waals surface area contributed by atoms with E-state index in [2.05, 4.69) is 387 Å². The highest BCUT2D eigenvalue weighted by molar-refractivity contribution is 6.35. The van der Waals surface area contributed by atoms with E-state index in [1.165, 1.54) is 54.9 Å². The monoisotopic (exact) mass is 1370 g/mol. The molecule has 23 rings (SSSR count). The number of rotatable bonds is 10. The van der Waals surface area contributed by atoms with Crippen molar-refractivity contribution in [1.82, 2.24) is 37.8 Å². The van der Waals surface area contributed by atoms with Gasteiger partial charge in [-0.25, -0.2) is 4.98 Å². The summed E-state index contributed by atoms with van der Waals surface area (Å²) in [6.45, 7) is 0. The molecule has 0 saturated heterocycles. The summed E-state index contributed by atoms with van der Waals surface area (Å²) in [4.78, 5) is 16.1. The van der Waals surface area contributed by atoms with E-state index in [-0.39, 0.29) is 0 Å². The average Bonchev–Trinajstić information content (AvgIpc) is 1.52. The molecular formula is C100H62N8. The molecule has 16 aromatic carbocycles. The Kier molecular flexibility index (Phi) is 12.9. The third-order valence-electron chi connectivity index (χ3n) is 23.0. The average molecular weight is 1380 g/mol. The van der Waals surface area contributed by atoms with Gasteiger partial charge in [0.1, 0.15) is 16.9 Å². The van der Waals surface area contributed by atoms with Crippen molar-refractivity contribution in [2.24, 2.45) is 0 Å². The molecule has 0 unspecified atom stereocenters. The van der Waals surface area contributed by atoms with Gasteiger partial charge in [0.05, 0.1) is 60.6 Å². The van der Waals surface area contributed by atoms with Crippen LogP contribution in [0.5, 0.6) is 0 Å². The van der Waals surface area contributed by atoms with Gasteiger partial charge in [-0.15, -0.1) is 0 Å². The van der Waals surface area contributed by atoms with E-state index in [0.717, 1.165) is 150 Å². The maximum atomic E-state index is 5.42. The Morgan fingerprint density at radius 1 is 0.231 bits per heavy atom. The molecule has 6 aromatic heterocycles. The van der Waals surface area contributed by atoms with Crippen LogP contribution in [0.2, 0.25) is 0 Å². The van der Waals surface area contributed by atoms with Gasteiger partial charge in [-0.2, -0.15) is 0 Å². The van der Waals surface area contributed by atoms with Crippen molar-refractivity contribution in [3.05, 3.63) is 399 Å². The van der Waals surface area contributed by atoms with Crippen molar-refractivity contribution < 1.29 is 0 Å². The first kappa shape index (κ1) is 60.0. The molecule has 0 aliphatic heterocycles. The molecule has 0 bridgehead atoms. The van der Waals surface area contributed by atoms with Crippen LogP contribution in [-0.2, 0) is 5.41 Å². The fourth-order valence-corrected chi connectivity index (χ4v) is 18.6. The molecule has 108 heavy (non-hydrogen) atoms. The Balaban J connectivity index is 0.746. The normalized spacial score (nSPS) is 12.7. The topological polar surface area (TPSA) is 63.3 Å². The van der Waals surface area contributed by atoms with Crippen molar-refractivity contribution >= 4 is 109 Å². The summed E-state index contributed by atoms with van der Waals surface area (Å²) < 4.78 is 12.3. The predicted octanol–water partition coefficient (Wildman–Crippen LogP) is 24.7. The fraction of sp³-hybridized carbons (Fsp3) is 0.0100. The smallest absolute Gasteiger partial charge is 0.145 e. The molecule has 1 aliphatic carbocycles. The lowest BCUT2D eigenvalue weighted by molar-refractivity contribution is 0.766. The van der Waals surface area contributed by atoms with Crippen LogP contribution in [0.4, 0.5) is 0 Å². The Hall–Kier alpha value is -14.5. The number of benzene rings is 16. The number of hydrogen-bond acceptors (Lipinski definition) is 3. The van der Waals surface area contributed by atoms with Crippen LogP contribution in [0.1, 0.15) is 22.3 Å². The fourth-order valence-electron chi connectivity index (χ4n) is 18.6. The van der Waals surface area contributed by atoms with E-state index in [1.807, 2.05) is 12.4 Å². The van der Waals surface area contributed by atoms with E-state index in [9.17, 15) is 0 Å². The molecule has 6 heterocycles. The lowest BCUT2D eigenvalue weighted by Crippen LogP contribution is -2.28. The Morgan fingerprint density at radius 3 is 1.28 bits per heavy atom. The van der Waals surface area contributed by atoms with E-state index >= 15 is 0 Å². The minimum absolute atomic E-state index is 0.796. The number of hydrogen-bond donors (Lipinski definition) is 0. The Morgan fingerprint density at radius 2 is 0.676 bits per heavy atom. The second-order valence-corrected chi connectivity index (χ2v) is 28.6. The minimum atomic E-state index is -0.796. The summed E-state index contributed by atoms with van der Waals surface area (Å²) >= 11 is 0. The third-order valence-corrected chi connectivity index (χ3v) is 23.0. The molecule has 8 heteroatoms. The zero-order chi connectivity index (χ0) is 70.7. The Bertz CT molecular complexity index is 7350. The van der Waals surface area contributed by atoms with Gasteiger partial charge in [-0.1, -0.05) is 243 Å². The first-order chi connectivity index (χ1) is 53.6. The summed E-state index contributed by atoms with van der Waals surface area (Å²) in [6.07, 6.45) is 3.72. The van der Waals surface area contributed by atoms with Crippen LogP contribution in [0.15, 0.2) is 376 Å². The van der Waals surface area contributed by atoms with E-state index in [1.54, 1.807) is 0 Å². The maximum Gasteiger partial charge on any atom is 0.145 e. The third kappa shape index (κ3) is 8.53. The van der Waals surface area contributed by atoms with Crippen LogP contribution in [0, 0.1) is 0 Å². The standard InChI is InChI=1S/C100H62N8/c1-6-26-63(27-7-1)66-58-67(64-28-8-2-9-29-64)60-74(59-66)107-87-43-23-18-38-80(87)92-94-95(102-57-56-101-94)98-93(97(92)107)81-39-19-24-44-88(81)106(98)73-51-53-76-75-52-50-72(61-82(75)100(83(76)62-73,68-30-10-3-11-31-68)69-32-12-4-13-33-69)104-86-42-22-17-37-79(86)91-90(104)55-54-78-77-36-16-21-41-85(77)105(96(78)91)71-48-46-65(47-49-71)99-103-84-40-20-25-45-89(84)108(99)70-34-14-5-15-35-70/h1-62H. The van der Waals surface area contributed by atoms with Gasteiger partial charge in [0.25, 0.3) is 0 Å². The summed E-state index contributed by atoms with van der Waals surface area (Å²) in [7, 11) is 0. The quantitative estimate of drug-likeness (QED) is 0.137. The van der Waals surface area contributed by atoms with Crippen molar-refractivity contribution in [2.45, 2.75) is 5.41 Å². The number of aromatic nitrogens is 8.